The molecule has 7 heteroatoms. The van der Waals surface area contributed by atoms with E-state index in [1.807, 2.05) is 30.3 Å². The van der Waals surface area contributed by atoms with Crippen LogP contribution >= 0.6 is 0 Å². The monoisotopic (exact) mass is 372 g/mol. The molecule has 1 aromatic heterocycles. The molecule has 0 saturated heterocycles. The number of carbonyl (C=O) groups excluding carboxylic acids is 1. The fraction of sp³-hybridized carbons (Fsp3) is 0.450. The van der Waals surface area contributed by atoms with Crippen LogP contribution in [0.15, 0.2) is 36.5 Å². The molecule has 146 valence electrons. The van der Waals surface area contributed by atoms with Crippen molar-refractivity contribution in [2.24, 2.45) is 0 Å². The number of nitrogens with zero attached hydrogens (tertiary/aromatic N) is 2. The molecule has 0 bridgehead atoms. The van der Waals surface area contributed by atoms with Gasteiger partial charge in [0.1, 0.15) is 6.61 Å². The van der Waals surface area contributed by atoms with Gasteiger partial charge in [0.05, 0.1) is 6.20 Å². The third kappa shape index (κ3) is 7.22. The summed E-state index contributed by atoms with van der Waals surface area (Å²) < 4.78 is 5.90. The lowest BCUT2D eigenvalue weighted by molar-refractivity contribution is -0.114. The fourth-order valence-electron chi connectivity index (χ4n) is 2.62. The third-order valence-corrected chi connectivity index (χ3v) is 4.00. The van der Waals surface area contributed by atoms with E-state index in [9.17, 15) is 9.90 Å². The van der Waals surface area contributed by atoms with E-state index in [1.54, 1.807) is 6.20 Å². The maximum Gasteiger partial charge on any atom is 0.231 e. The highest BCUT2D eigenvalue weighted by molar-refractivity contribution is 5.86. The van der Waals surface area contributed by atoms with Gasteiger partial charge in [-0.05, 0) is 18.4 Å². The van der Waals surface area contributed by atoms with Crippen LogP contribution in [0, 0.1) is 0 Å². The Morgan fingerprint density at radius 1 is 1.26 bits per heavy atom. The van der Waals surface area contributed by atoms with Crippen LogP contribution in [0.2, 0.25) is 0 Å². The Balaban J connectivity index is 2.18. The minimum atomic E-state index is -0.239. The number of anilines is 2. The number of carbonyl (C=O) groups is 1. The summed E-state index contributed by atoms with van der Waals surface area (Å²) >= 11 is 0. The number of hydrogen-bond donors (Lipinski definition) is 3. The summed E-state index contributed by atoms with van der Waals surface area (Å²) in [4.78, 5) is 19.9. The number of aromatic nitrogens is 2. The molecule has 1 atom stereocenters. The molecule has 3 N–H and O–H groups in total. The molecule has 27 heavy (non-hydrogen) atoms. The molecule has 0 aliphatic carbocycles. The van der Waals surface area contributed by atoms with Gasteiger partial charge in [0.2, 0.25) is 11.9 Å². The van der Waals surface area contributed by atoms with Crippen LogP contribution in [0.1, 0.15) is 45.1 Å². The van der Waals surface area contributed by atoms with Crippen molar-refractivity contribution in [3.8, 4) is 5.75 Å². The zero-order chi connectivity index (χ0) is 19.5. The van der Waals surface area contributed by atoms with Gasteiger partial charge >= 0.3 is 0 Å². The molecule has 0 spiro atoms. The summed E-state index contributed by atoms with van der Waals surface area (Å²) in [5, 5.41) is 15.3. The lowest BCUT2D eigenvalue weighted by atomic mass is 10.1. The van der Waals surface area contributed by atoms with Crippen molar-refractivity contribution >= 4 is 17.7 Å². The number of amides is 1. The van der Waals surface area contributed by atoms with Crippen molar-refractivity contribution in [1.82, 2.24) is 9.97 Å². The maximum atomic E-state index is 11.3. The number of nitrogens with one attached hydrogen (secondary N) is 2. The van der Waals surface area contributed by atoms with E-state index in [4.69, 9.17) is 4.74 Å². The summed E-state index contributed by atoms with van der Waals surface area (Å²) in [6, 6.07) is 9.89. The maximum absolute atomic E-state index is 11.3. The van der Waals surface area contributed by atoms with Crippen molar-refractivity contribution in [3.63, 3.8) is 0 Å². The predicted molar refractivity (Wildman–Crippen MR) is 106 cm³/mol. The van der Waals surface area contributed by atoms with E-state index in [-0.39, 0.29) is 24.5 Å². The second-order valence-corrected chi connectivity index (χ2v) is 6.36. The first-order valence-electron chi connectivity index (χ1n) is 9.31. The molecule has 0 fully saturated rings. The molecule has 1 amide bonds. The number of hydrogen-bond acceptors (Lipinski definition) is 6. The average molecular weight is 372 g/mol. The Kier molecular flexibility index (Phi) is 8.51. The van der Waals surface area contributed by atoms with E-state index < -0.39 is 0 Å². The van der Waals surface area contributed by atoms with E-state index >= 15 is 0 Å². The normalized spacial score (nSPS) is 11.7. The summed E-state index contributed by atoms with van der Waals surface area (Å²) in [5.41, 5.74) is 1.03. The molecule has 0 radical (unpaired) electrons. The van der Waals surface area contributed by atoms with Crippen LogP contribution in [0.3, 0.4) is 0 Å². The van der Waals surface area contributed by atoms with Gasteiger partial charge in [-0.2, -0.15) is 4.98 Å². The highest BCUT2D eigenvalue weighted by Crippen LogP contribution is 2.25. The quantitative estimate of drug-likeness (QED) is 0.560. The van der Waals surface area contributed by atoms with Crippen LogP contribution < -0.4 is 15.4 Å². The molecule has 0 unspecified atom stereocenters. The molecule has 0 aliphatic rings. The van der Waals surface area contributed by atoms with Gasteiger partial charge in [0, 0.05) is 19.6 Å². The van der Waals surface area contributed by atoms with Crippen molar-refractivity contribution in [2.45, 2.75) is 52.2 Å². The fourth-order valence-corrected chi connectivity index (χ4v) is 2.62. The first-order chi connectivity index (χ1) is 13.1. The Morgan fingerprint density at radius 3 is 2.70 bits per heavy atom. The lowest BCUT2D eigenvalue weighted by Gasteiger charge is -2.20. The van der Waals surface area contributed by atoms with Gasteiger partial charge < -0.3 is 15.2 Å². The molecule has 2 aromatic rings. The predicted octanol–water partition coefficient (Wildman–Crippen LogP) is 3.37. The van der Waals surface area contributed by atoms with E-state index in [1.165, 1.54) is 6.92 Å². The zero-order valence-electron chi connectivity index (χ0n) is 15.9. The largest absolute Gasteiger partial charge is 0.483 e. The Hall–Kier alpha value is -2.67. The lowest BCUT2D eigenvalue weighted by Crippen LogP contribution is -2.23. The van der Waals surface area contributed by atoms with Crippen LogP contribution in [0.4, 0.5) is 11.8 Å². The second kappa shape index (κ2) is 11.1. The van der Waals surface area contributed by atoms with Gasteiger partial charge in [-0.1, -0.05) is 50.1 Å². The third-order valence-electron chi connectivity index (χ3n) is 4.00. The number of ether oxygens (including phenoxy) is 1. The molecule has 1 aromatic carbocycles. The smallest absolute Gasteiger partial charge is 0.231 e. The summed E-state index contributed by atoms with van der Waals surface area (Å²) in [6.07, 6.45) is 5.19. The van der Waals surface area contributed by atoms with Crippen LogP contribution in [-0.4, -0.2) is 33.6 Å². The number of unbranched alkanes of at least 4 members (excludes halogenated alkanes) is 1. The second-order valence-electron chi connectivity index (χ2n) is 6.36. The molecule has 0 aliphatic heterocycles. The highest BCUT2D eigenvalue weighted by Gasteiger charge is 2.15. The minimum absolute atomic E-state index is 0.0640. The van der Waals surface area contributed by atoms with E-state index in [0.29, 0.717) is 24.6 Å². The van der Waals surface area contributed by atoms with E-state index in [2.05, 4.69) is 27.5 Å². The van der Waals surface area contributed by atoms with Gasteiger partial charge in [-0.25, -0.2) is 4.98 Å². The molecular formula is C20H28N4O3. The van der Waals surface area contributed by atoms with Crippen molar-refractivity contribution in [3.05, 3.63) is 42.1 Å². The highest BCUT2D eigenvalue weighted by atomic mass is 16.5. The average Bonchev–Trinajstić information content (AvgIpc) is 2.66. The summed E-state index contributed by atoms with van der Waals surface area (Å²) in [5.74, 6) is 0.999. The SMILES string of the molecule is CCCC[C@@H](CCO)Nc1nc(NC(C)=O)ncc1OCc1ccccc1. The molecule has 2 rings (SSSR count). The topological polar surface area (TPSA) is 96.4 Å². The number of aliphatic hydroxyl groups excluding tert-OH is 1. The van der Waals surface area contributed by atoms with Crippen LogP contribution in [0.5, 0.6) is 5.75 Å². The Labute approximate surface area is 160 Å². The van der Waals surface area contributed by atoms with Gasteiger partial charge in [0.15, 0.2) is 11.6 Å². The van der Waals surface area contributed by atoms with Gasteiger partial charge in [-0.15, -0.1) is 0 Å². The molecule has 1 heterocycles. The molecule has 0 saturated carbocycles. The van der Waals surface area contributed by atoms with Crippen LogP contribution in [-0.2, 0) is 11.4 Å². The summed E-state index contributed by atoms with van der Waals surface area (Å²) in [7, 11) is 0. The number of aliphatic hydroxyl groups is 1. The van der Waals surface area contributed by atoms with E-state index in [0.717, 1.165) is 24.8 Å². The number of benzene rings is 1. The Bertz CT molecular complexity index is 710. The minimum Gasteiger partial charge on any atom is -0.483 e. The summed E-state index contributed by atoms with van der Waals surface area (Å²) in [6.45, 7) is 4.01. The Morgan fingerprint density at radius 2 is 2.04 bits per heavy atom. The van der Waals surface area contributed by atoms with Crippen LogP contribution in [0.25, 0.3) is 0 Å². The van der Waals surface area contributed by atoms with Crippen molar-refractivity contribution < 1.29 is 14.6 Å². The molecular weight excluding hydrogens is 344 g/mol. The van der Waals surface area contributed by atoms with Gasteiger partial charge in [0.25, 0.3) is 0 Å². The van der Waals surface area contributed by atoms with Crippen molar-refractivity contribution in [1.29, 1.82) is 0 Å². The first kappa shape index (κ1) is 20.6. The zero-order valence-corrected chi connectivity index (χ0v) is 15.9. The number of rotatable bonds is 11. The van der Waals surface area contributed by atoms with Gasteiger partial charge in [-0.3, -0.25) is 10.1 Å². The van der Waals surface area contributed by atoms with Crippen molar-refractivity contribution in [2.75, 3.05) is 17.2 Å². The first-order valence-corrected chi connectivity index (χ1v) is 9.31. The standard InChI is InChI=1S/C20H28N4O3/c1-3-4-10-17(11-12-25)23-19-18(13-21-20(24-19)22-15(2)26)27-14-16-8-6-5-7-9-16/h5-9,13,17,25H,3-4,10-12,14H2,1-2H3,(H2,21,22,23,24,26)/t17-/m0/s1. The molecule has 7 nitrogen and oxygen atoms in total.